The molecule has 0 spiro atoms. The number of thiophene rings is 2. The molecule has 4 rings (SSSR count). The SMILES string of the molecule is Cc1sc2ccc(Br)cc2c1/C(C#N)=C(/C#N)c1c(C)sc2ccc(Br)cc12. The van der Waals surface area contributed by atoms with E-state index >= 15 is 0 Å². The molecular weight excluding hydrogens is 516 g/mol. The van der Waals surface area contributed by atoms with E-state index in [1.54, 1.807) is 22.7 Å². The Kier molecular flexibility index (Phi) is 5.16. The molecule has 4 aromatic rings. The fraction of sp³-hybridized carbons (Fsp3) is 0.0909. The minimum Gasteiger partial charge on any atom is -0.192 e. The van der Waals surface area contributed by atoms with Crippen molar-refractivity contribution in [2.45, 2.75) is 13.8 Å². The van der Waals surface area contributed by atoms with Gasteiger partial charge in [0.1, 0.15) is 12.1 Å². The van der Waals surface area contributed by atoms with E-state index in [0.717, 1.165) is 50.0 Å². The summed E-state index contributed by atoms with van der Waals surface area (Å²) >= 11 is 10.4. The highest BCUT2D eigenvalue weighted by Gasteiger charge is 2.22. The topological polar surface area (TPSA) is 47.6 Å². The molecule has 136 valence electrons. The summed E-state index contributed by atoms with van der Waals surface area (Å²) in [5.41, 5.74) is 2.59. The van der Waals surface area contributed by atoms with Crippen LogP contribution in [0.1, 0.15) is 20.9 Å². The third kappa shape index (κ3) is 3.11. The molecule has 0 N–H and O–H groups in total. The van der Waals surface area contributed by atoms with Gasteiger partial charge in [-0.05, 0) is 50.2 Å². The van der Waals surface area contributed by atoms with Gasteiger partial charge in [0.05, 0.1) is 11.1 Å². The van der Waals surface area contributed by atoms with Crippen molar-refractivity contribution < 1.29 is 0 Å². The molecule has 0 bridgehead atoms. The zero-order chi connectivity index (χ0) is 20.0. The summed E-state index contributed by atoms with van der Waals surface area (Å²) in [6, 6.07) is 16.8. The molecule has 0 aliphatic carbocycles. The van der Waals surface area contributed by atoms with E-state index in [2.05, 4.69) is 44.0 Å². The van der Waals surface area contributed by atoms with Crippen molar-refractivity contribution in [3.63, 3.8) is 0 Å². The van der Waals surface area contributed by atoms with E-state index in [1.807, 2.05) is 50.2 Å². The van der Waals surface area contributed by atoms with E-state index < -0.39 is 0 Å². The van der Waals surface area contributed by atoms with Crippen LogP contribution in [0.25, 0.3) is 31.3 Å². The zero-order valence-corrected chi connectivity index (χ0v) is 19.7. The molecule has 0 fully saturated rings. The van der Waals surface area contributed by atoms with Crippen LogP contribution >= 0.6 is 54.5 Å². The predicted molar refractivity (Wildman–Crippen MR) is 127 cm³/mol. The van der Waals surface area contributed by atoms with Crippen molar-refractivity contribution in [3.05, 3.63) is 66.2 Å². The van der Waals surface area contributed by atoms with Crippen LogP contribution in [0.2, 0.25) is 0 Å². The van der Waals surface area contributed by atoms with E-state index in [4.69, 9.17) is 0 Å². The highest BCUT2D eigenvalue weighted by molar-refractivity contribution is 9.10. The summed E-state index contributed by atoms with van der Waals surface area (Å²) in [5, 5.41) is 22.2. The first kappa shape index (κ1) is 19.4. The van der Waals surface area contributed by atoms with E-state index in [0.29, 0.717) is 11.1 Å². The number of aryl methyl sites for hydroxylation is 2. The molecule has 0 atom stereocenters. The highest BCUT2D eigenvalue weighted by Crippen LogP contribution is 2.43. The number of allylic oxidation sites excluding steroid dienone is 2. The fourth-order valence-electron chi connectivity index (χ4n) is 3.48. The second kappa shape index (κ2) is 7.46. The average Bonchev–Trinajstić information content (AvgIpc) is 3.15. The fourth-order valence-corrected chi connectivity index (χ4v) is 6.30. The van der Waals surface area contributed by atoms with E-state index in [9.17, 15) is 10.5 Å². The van der Waals surface area contributed by atoms with Gasteiger partial charge in [-0.15, -0.1) is 22.7 Å². The maximum Gasteiger partial charge on any atom is 0.101 e. The van der Waals surface area contributed by atoms with Crippen molar-refractivity contribution in [2.24, 2.45) is 0 Å². The molecule has 2 aromatic carbocycles. The molecule has 2 aromatic heterocycles. The first-order valence-electron chi connectivity index (χ1n) is 8.37. The van der Waals surface area contributed by atoms with Crippen molar-refractivity contribution in [1.82, 2.24) is 0 Å². The van der Waals surface area contributed by atoms with Crippen molar-refractivity contribution >= 4 is 85.9 Å². The molecule has 0 aliphatic rings. The minimum atomic E-state index is 0.437. The number of nitriles is 2. The van der Waals surface area contributed by atoms with Crippen LogP contribution in [-0.2, 0) is 0 Å². The molecule has 0 unspecified atom stereocenters. The lowest BCUT2D eigenvalue weighted by molar-refractivity contribution is 1.49. The maximum atomic E-state index is 10.1. The van der Waals surface area contributed by atoms with Crippen LogP contribution in [0.15, 0.2) is 45.3 Å². The normalized spacial score (nSPS) is 12.1. The number of halogens is 2. The summed E-state index contributed by atoms with van der Waals surface area (Å²) in [5.74, 6) is 0. The Balaban J connectivity index is 2.12. The number of rotatable bonds is 2. The van der Waals surface area contributed by atoms with Gasteiger partial charge in [0, 0.05) is 50.0 Å². The van der Waals surface area contributed by atoms with Crippen LogP contribution in [0.5, 0.6) is 0 Å². The van der Waals surface area contributed by atoms with Crippen LogP contribution in [0.3, 0.4) is 0 Å². The van der Waals surface area contributed by atoms with Gasteiger partial charge in [-0.3, -0.25) is 0 Å². The summed E-state index contributed by atoms with van der Waals surface area (Å²) in [6.07, 6.45) is 0. The van der Waals surface area contributed by atoms with Crippen molar-refractivity contribution in [2.75, 3.05) is 0 Å². The standard InChI is InChI=1S/C22H12Br2N2S2/c1-11-21(15-7-13(23)3-5-19(15)27-11)17(9-25)18(10-26)22-12(2)28-20-6-4-14(24)8-16(20)22/h3-8H,1-2H3/b18-17-. The summed E-state index contributed by atoms with van der Waals surface area (Å²) in [4.78, 5) is 2.08. The van der Waals surface area contributed by atoms with Crippen molar-refractivity contribution in [1.29, 1.82) is 10.5 Å². The Bertz CT molecular complexity index is 1270. The van der Waals surface area contributed by atoms with Gasteiger partial charge < -0.3 is 0 Å². The zero-order valence-electron chi connectivity index (χ0n) is 14.9. The second-order valence-electron chi connectivity index (χ2n) is 6.32. The Morgan fingerprint density at radius 2 is 1.14 bits per heavy atom. The molecule has 0 saturated heterocycles. The molecule has 0 radical (unpaired) electrons. The van der Waals surface area contributed by atoms with Crippen LogP contribution in [0, 0.1) is 36.5 Å². The molecule has 28 heavy (non-hydrogen) atoms. The second-order valence-corrected chi connectivity index (χ2v) is 10.7. The Morgan fingerprint density at radius 1 is 0.750 bits per heavy atom. The number of fused-ring (bicyclic) bond motifs is 2. The van der Waals surface area contributed by atoms with Crippen LogP contribution < -0.4 is 0 Å². The Labute approximate surface area is 187 Å². The largest absolute Gasteiger partial charge is 0.192 e. The Morgan fingerprint density at radius 3 is 1.50 bits per heavy atom. The first-order chi connectivity index (χ1) is 13.4. The summed E-state index contributed by atoms with van der Waals surface area (Å²) in [6.45, 7) is 4.02. The maximum absolute atomic E-state index is 10.1. The van der Waals surface area contributed by atoms with Crippen LogP contribution in [-0.4, -0.2) is 0 Å². The quantitative estimate of drug-likeness (QED) is 0.246. The first-order valence-corrected chi connectivity index (χ1v) is 11.6. The number of hydrogen-bond acceptors (Lipinski definition) is 4. The molecule has 2 nitrogen and oxygen atoms in total. The van der Waals surface area contributed by atoms with Gasteiger partial charge in [-0.2, -0.15) is 10.5 Å². The highest BCUT2D eigenvalue weighted by atomic mass is 79.9. The predicted octanol–water partition coefficient (Wildman–Crippen LogP) is 8.22. The molecule has 0 aliphatic heterocycles. The smallest absolute Gasteiger partial charge is 0.101 e. The van der Waals surface area contributed by atoms with Gasteiger partial charge in [0.25, 0.3) is 0 Å². The molecule has 2 heterocycles. The van der Waals surface area contributed by atoms with E-state index in [-0.39, 0.29) is 0 Å². The number of nitrogens with zero attached hydrogens (tertiary/aromatic N) is 2. The minimum absolute atomic E-state index is 0.437. The summed E-state index contributed by atoms with van der Waals surface area (Å²) in [7, 11) is 0. The van der Waals surface area contributed by atoms with Gasteiger partial charge in [-0.1, -0.05) is 31.9 Å². The molecular formula is C22H12Br2N2S2. The van der Waals surface area contributed by atoms with Crippen molar-refractivity contribution in [3.8, 4) is 12.1 Å². The average molecular weight is 528 g/mol. The summed E-state index contributed by atoms with van der Waals surface area (Å²) < 4.78 is 4.12. The van der Waals surface area contributed by atoms with Crippen LogP contribution in [0.4, 0.5) is 0 Å². The molecule has 0 saturated carbocycles. The lowest BCUT2D eigenvalue weighted by atomic mass is 9.93. The van der Waals surface area contributed by atoms with Gasteiger partial charge in [0.2, 0.25) is 0 Å². The Hall–Kier alpha value is -1.96. The number of hydrogen-bond donors (Lipinski definition) is 0. The van der Waals surface area contributed by atoms with Gasteiger partial charge in [-0.25, -0.2) is 0 Å². The van der Waals surface area contributed by atoms with Gasteiger partial charge in [0.15, 0.2) is 0 Å². The van der Waals surface area contributed by atoms with E-state index in [1.165, 1.54) is 0 Å². The third-order valence-electron chi connectivity index (χ3n) is 4.63. The number of benzene rings is 2. The lowest BCUT2D eigenvalue weighted by Crippen LogP contribution is -1.91. The molecule has 6 heteroatoms. The van der Waals surface area contributed by atoms with Gasteiger partial charge >= 0.3 is 0 Å². The lowest BCUT2D eigenvalue weighted by Gasteiger charge is -2.06. The molecule has 0 amide bonds. The monoisotopic (exact) mass is 526 g/mol. The third-order valence-corrected chi connectivity index (χ3v) is 7.78.